The molecule has 0 aliphatic heterocycles. The first-order valence-corrected chi connectivity index (χ1v) is 2.53. The Bertz CT molecular complexity index is 6.00. The first-order chi connectivity index (χ1) is 2.00. The second-order valence-corrected chi connectivity index (χ2v) is 0. The van der Waals surface area contributed by atoms with Gasteiger partial charge in [-0.15, -0.1) is 0 Å². The topological polar surface area (TPSA) is 0 Å². The van der Waals surface area contributed by atoms with Crippen LogP contribution in [0.5, 0.6) is 0 Å². The molecule has 0 aromatic carbocycles. The van der Waals surface area contributed by atoms with Gasteiger partial charge in [0.1, 0.15) is 0 Å². The maximum absolute atomic E-state index is 4.49. The number of rotatable bonds is 0. The predicted molar refractivity (Wildman–Crippen MR) is 15.8 cm³/mol. The zero-order chi connectivity index (χ0) is 4.00. The van der Waals surface area contributed by atoms with Crippen LogP contribution in [-0.4, -0.2) is 0 Å². The van der Waals surface area contributed by atoms with E-state index in [1.54, 1.807) is 0 Å². The van der Waals surface area contributed by atoms with Gasteiger partial charge in [-0.25, -0.2) is 0 Å². The van der Waals surface area contributed by atoms with Gasteiger partial charge >= 0.3 is 27.7 Å². The SMILES string of the molecule is [CH-]=C.[Cl][Pd+]. The van der Waals surface area contributed by atoms with Gasteiger partial charge in [0.2, 0.25) is 0 Å². The molecule has 0 saturated heterocycles. The zero-order valence-corrected chi connectivity index (χ0v) is 4.29. The standard InChI is InChI=1S/C2H3.ClH.Pd/c1-2;;/h1H,2H2;1H;/q-1;;+2/p-1. The van der Waals surface area contributed by atoms with Crippen molar-refractivity contribution in [3.05, 3.63) is 13.2 Å². The summed E-state index contributed by atoms with van der Waals surface area (Å²) in [6.07, 6.45) is 0. The van der Waals surface area contributed by atoms with E-state index in [1.165, 1.54) is 0 Å². The van der Waals surface area contributed by atoms with Gasteiger partial charge in [-0.1, -0.05) is 0 Å². The van der Waals surface area contributed by atoms with E-state index in [0.29, 0.717) is 0 Å². The maximum atomic E-state index is 4.49. The quantitative estimate of drug-likeness (QED) is 0.378. The van der Waals surface area contributed by atoms with Gasteiger partial charge in [-0.2, -0.15) is 0 Å². The summed E-state index contributed by atoms with van der Waals surface area (Å²) in [4.78, 5) is 0. The van der Waals surface area contributed by atoms with Crippen LogP contribution in [0.25, 0.3) is 0 Å². The third-order valence-electron chi connectivity index (χ3n) is 0. The summed E-state index contributed by atoms with van der Waals surface area (Å²) in [7, 11) is 4.49. The van der Waals surface area contributed by atoms with Crippen molar-refractivity contribution in [2.45, 2.75) is 0 Å². The van der Waals surface area contributed by atoms with Crippen molar-refractivity contribution in [2.24, 2.45) is 0 Å². The van der Waals surface area contributed by atoms with Gasteiger partial charge < -0.3 is 6.58 Å². The molecule has 0 aromatic rings. The molecule has 0 fully saturated rings. The second kappa shape index (κ2) is 55.8. The summed E-state index contributed by atoms with van der Waals surface area (Å²) in [6, 6.07) is 0. The average Bonchev–Trinajstić information content (AvgIpc) is 1.50. The third kappa shape index (κ3) is 16.1. The summed E-state index contributed by atoms with van der Waals surface area (Å²) in [5, 5.41) is 0. The number of halogens is 1. The van der Waals surface area contributed by atoms with Gasteiger partial charge in [-0.05, 0) is 0 Å². The van der Waals surface area contributed by atoms with Crippen LogP contribution in [0.1, 0.15) is 0 Å². The molecule has 0 heterocycles. The van der Waals surface area contributed by atoms with Crippen LogP contribution < -0.4 is 0 Å². The van der Waals surface area contributed by atoms with E-state index in [-0.39, 0.29) is 0 Å². The van der Waals surface area contributed by atoms with Crippen LogP contribution in [0.15, 0.2) is 6.58 Å². The molecule has 0 bridgehead atoms. The molecule has 2 heteroatoms. The molecule has 4 heavy (non-hydrogen) atoms. The number of hydrogen-bond donors (Lipinski definition) is 0. The van der Waals surface area contributed by atoms with E-state index in [0.717, 1.165) is 0 Å². The Morgan fingerprint density at radius 3 is 1.50 bits per heavy atom. The predicted octanol–water partition coefficient (Wildman–Crippen LogP) is 1.29. The van der Waals surface area contributed by atoms with Crippen LogP contribution in [0.2, 0.25) is 0 Å². The molecule has 0 amide bonds. The molecule has 0 aromatic heterocycles. The van der Waals surface area contributed by atoms with Crippen molar-refractivity contribution in [1.82, 2.24) is 0 Å². The van der Waals surface area contributed by atoms with Gasteiger partial charge in [-0.3, -0.25) is 6.58 Å². The van der Waals surface area contributed by atoms with E-state index in [9.17, 15) is 0 Å². The van der Waals surface area contributed by atoms with Crippen molar-refractivity contribution in [2.75, 3.05) is 0 Å². The summed E-state index contributed by atoms with van der Waals surface area (Å²) < 4.78 is 0. The molecular weight excluding hydrogens is 166 g/mol. The van der Waals surface area contributed by atoms with E-state index >= 15 is 0 Å². The Kier molecular flexibility index (Phi) is 123. The molecule has 0 radical (unpaired) electrons. The minimum absolute atomic E-state index is 2.22. The molecule has 0 N–H and O–H groups in total. The molecule has 0 nitrogen and oxygen atoms in total. The van der Waals surface area contributed by atoms with Crippen LogP contribution in [0.3, 0.4) is 0 Å². The first kappa shape index (κ1) is 8.83. The van der Waals surface area contributed by atoms with Crippen molar-refractivity contribution < 1.29 is 18.2 Å². The normalized spacial score (nSPS) is 2.75. The molecule has 0 aliphatic carbocycles. The molecule has 0 rings (SSSR count). The van der Waals surface area contributed by atoms with Crippen LogP contribution in [0.4, 0.5) is 0 Å². The van der Waals surface area contributed by atoms with Crippen molar-refractivity contribution in [1.29, 1.82) is 0 Å². The Morgan fingerprint density at radius 1 is 1.50 bits per heavy atom. The molecule has 0 spiro atoms. The Labute approximate surface area is 41.2 Å². The fraction of sp³-hybridized carbons (Fsp3) is 0. The summed E-state index contributed by atoms with van der Waals surface area (Å²) in [6.45, 7) is 7.00. The fourth-order valence-corrected chi connectivity index (χ4v) is 0. The molecule has 28 valence electrons. The molecule has 0 aliphatic rings. The van der Waals surface area contributed by atoms with Crippen molar-refractivity contribution in [3.8, 4) is 0 Å². The van der Waals surface area contributed by atoms with E-state index < -0.39 is 0 Å². The Balaban J connectivity index is 0. The summed E-state index contributed by atoms with van der Waals surface area (Å²) >= 11 is 2.22. The van der Waals surface area contributed by atoms with Gasteiger partial charge in [0.25, 0.3) is 0 Å². The summed E-state index contributed by atoms with van der Waals surface area (Å²) in [5.74, 6) is 0. The average molecular weight is 169 g/mol. The molecule has 0 atom stereocenters. The monoisotopic (exact) mass is 168 g/mol. The third-order valence-corrected chi connectivity index (χ3v) is 0. The van der Waals surface area contributed by atoms with E-state index in [4.69, 9.17) is 0 Å². The molecular formula is C2H3ClPd. The van der Waals surface area contributed by atoms with Crippen molar-refractivity contribution in [3.63, 3.8) is 0 Å². The summed E-state index contributed by atoms with van der Waals surface area (Å²) in [5.41, 5.74) is 0. The van der Waals surface area contributed by atoms with Crippen LogP contribution in [-0.2, 0) is 18.2 Å². The van der Waals surface area contributed by atoms with Gasteiger partial charge in [0.15, 0.2) is 0 Å². The van der Waals surface area contributed by atoms with Crippen LogP contribution in [0, 0.1) is 6.58 Å². The zero-order valence-electron chi connectivity index (χ0n) is 1.98. The number of hydrogen-bond acceptors (Lipinski definition) is 0. The van der Waals surface area contributed by atoms with Gasteiger partial charge in [0, 0.05) is 0 Å². The minimum atomic E-state index is 2.22. The van der Waals surface area contributed by atoms with Crippen molar-refractivity contribution >= 4 is 9.53 Å². The second-order valence-electron chi connectivity index (χ2n) is 0. The first-order valence-electron chi connectivity index (χ1n) is 0.528. The van der Waals surface area contributed by atoms with Gasteiger partial charge in [0.05, 0.1) is 0 Å². The molecule has 0 unspecified atom stereocenters. The fourth-order valence-electron chi connectivity index (χ4n) is 0. The Morgan fingerprint density at radius 2 is 1.50 bits per heavy atom. The van der Waals surface area contributed by atoms with Crippen LogP contribution >= 0.6 is 9.53 Å². The Hall–Kier alpha value is 0.692. The van der Waals surface area contributed by atoms with E-state index in [1.807, 2.05) is 0 Å². The van der Waals surface area contributed by atoms with E-state index in [2.05, 4.69) is 40.9 Å². The molecule has 0 saturated carbocycles.